The number of rotatable bonds is 6. The van der Waals surface area contributed by atoms with E-state index in [0.717, 1.165) is 21.6 Å². The second kappa shape index (κ2) is 7.79. The maximum Gasteiger partial charge on any atom is 0.229 e. The molecule has 1 aromatic heterocycles. The molecule has 0 aliphatic rings. The number of halogens is 1. The fourth-order valence-electron chi connectivity index (χ4n) is 2.13. The van der Waals surface area contributed by atoms with Crippen molar-refractivity contribution in [3.8, 4) is 5.75 Å². The summed E-state index contributed by atoms with van der Waals surface area (Å²) in [4.78, 5) is 8.72. The van der Waals surface area contributed by atoms with E-state index >= 15 is 0 Å². The second-order valence-electron chi connectivity index (χ2n) is 4.98. The summed E-state index contributed by atoms with van der Waals surface area (Å²) in [6.07, 6.45) is 1.71. The normalized spacial score (nSPS) is 10.2. The van der Waals surface area contributed by atoms with E-state index in [9.17, 15) is 0 Å². The molecule has 0 aliphatic heterocycles. The van der Waals surface area contributed by atoms with E-state index in [1.54, 1.807) is 6.20 Å². The molecule has 0 spiro atoms. The molecule has 0 fully saturated rings. The highest BCUT2D eigenvalue weighted by atomic mass is 79.9. The van der Waals surface area contributed by atoms with Gasteiger partial charge in [0.15, 0.2) is 0 Å². The molecule has 0 saturated heterocycles. The molecule has 2 aromatic carbocycles. The molecule has 0 unspecified atom stereocenters. The van der Waals surface area contributed by atoms with Crippen LogP contribution in [0.2, 0.25) is 0 Å². The van der Waals surface area contributed by atoms with Gasteiger partial charge in [-0.15, -0.1) is 0 Å². The summed E-state index contributed by atoms with van der Waals surface area (Å²) in [7, 11) is 0. The first-order chi connectivity index (χ1) is 11.7. The third-order valence-electron chi connectivity index (χ3n) is 3.17. The lowest BCUT2D eigenvalue weighted by molar-refractivity contribution is 0.340. The Morgan fingerprint density at radius 2 is 1.83 bits per heavy atom. The number of nitrogens with zero attached hydrogens (tertiary/aromatic N) is 2. The molecule has 2 N–H and O–H groups in total. The molecule has 122 valence electrons. The van der Waals surface area contributed by atoms with Crippen molar-refractivity contribution >= 4 is 39.1 Å². The van der Waals surface area contributed by atoms with Crippen LogP contribution in [0.15, 0.2) is 65.3 Å². The lowest BCUT2D eigenvalue weighted by atomic mass is 10.3. The molecule has 0 amide bonds. The molecule has 6 heteroatoms. The van der Waals surface area contributed by atoms with Crippen molar-refractivity contribution < 1.29 is 4.74 Å². The third-order valence-corrected chi connectivity index (χ3v) is 3.67. The van der Waals surface area contributed by atoms with E-state index in [4.69, 9.17) is 4.74 Å². The summed E-state index contributed by atoms with van der Waals surface area (Å²) in [5.74, 6) is 2.10. The van der Waals surface area contributed by atoms with Gasteiger partial charge in [-0.2, -0.15) is 4.98 Å². The van der Waals surface area contributed by atoms with Gasteiger partial charge in [-0.25, -0.2) is 4.98 Å². The molecule has 1 heterocycles. The highest BCUT2D eigenvalue weighted by Crippen LogP contribution is 2.21. The van der Waals surface area contributed by atoms with Gasteiger partial charge in [-0.1, -0.05) is 22.0 Å². The van der Waals surface area contributed by atoms with E-state index in [1.807, 2.05) is 61.5 Å². The Morgan fingerprint density at radius 1 is 1.00 bits per heavy atom. The van der Waals surface area contributed by atoms with Gasteiger partial charge in [0.1, 0.15) is 11.6 Å². The van der Waals surface area contributed by atoms with Gasteiger partial charge in [0.05, 0.1) is 6.61 Å². The topological polar surface area (TPSA) is 59.1 Å². The lowest BCUT2D eigenvalue weighted by Gasteiger charge is -2.09. The van der Waals surface area contributed by atoms with Gasteiger partial charge in [-0.3, -0.25) is 0 Å². The van der Waals surface area contributed by atoms with Crippen molar-refractivity contribution in [1.82, 2.24) is 9.97 Å². The molecule has 0 saturated carbocycles. The number of nitrogens with one attached hydrogen (secondary N) is 2. The Hall–Kier alpha value is -2.60. The van der Waals surface area contributed by atoms with E-state index in [0.29, 0.717) is 18.4 Å². The first kappa shape index (κ1) is 16.3. The fraction of sp³-hybridized carbons (Fsp3) is 0.111. The van der Waals surface area contributed by atoms with Crippen LogP contribution >= 0.6 is 15.9 Å². The Kier molecular flexibility index (Phi) is 5.28. The van der Waals surface area contributed by atoms with Crippen LogP contribution in [0.1, 0.15) is 6.92 Å². The van der Waals surface area contributed by atoms with Crippen LogP contribution in [-0.4, -0.2) is 16.6 Å². The van der Waals surface area contributed by atoms with Crippen LogP contribution in [0.3, 0.4) is 0 Å². The Morgan fingerprint density at radius 3 is 2.58 bits per heavy atom. The number of hydrogen-bond donors (Lipinski definition) is 2. The van der Waals surface area contributed by atoms with Crippen LogP contribution in [0.5, 0.6) is 5.75 Å². The van der Waals surface area contributed by atoms with Crippen molar-refractivity contribution in [1.29, 1.82) is 0 Å². The molecule has 0 atom stereocenters. The molecule has 5 nitrogen and oxygen atoms in total. The van der Waals surface area contributed by atoms with Crippen LogP contribution in [0.25, 0.3) is 0 Å². The SMILES string of the molecule is CCOc1ccc(Nc2ccnc(Nc3cccc(Br)c3)n2)cc1. The van der Waals surface area contributed by atoms with Crippen molar-refractivity contribution in [3.63, 3.8) is 0 Å². The van der Waals surface area contributed by atoms with Gasteiger partial charge in [0, 0.05) is 22.0 Å². The summed E-state index contributed by atoms with van der Waals surface area (Å²) in [5, 5.41) is 6.44. The zero-order chi connectivity index (χ0) is 16.8. The van der Waals surface area contributed by atoms with Crippen LogP contribution in [-0.2, 0) is 0 Å². The Bertz CT molecular complexity index is 808. The third kappa shape index (κ3) is 4.45. The standard InChI is InChI=1S/C18H17BrN4O/c1-2-24-16-8-6-14(7-9-16)21-17-10-11-20-18(23-17)22-15-5-3-4-13(19)12-15/h3-12H,2H2,1H3,(H2,20,21,22,23). The summed E-state index contributed by atoms with van der Waals surface area (Å²) in [5.41, 5.74) is 1.85. The largest absolute Gasteiger partial charge is 0.494 e. The molecule has 3 aromatic rings. The van der Waals surface area contributed by atoms with Crippen LogP contribution in [0.4, 0.5) is 23.1 Å². The van der Waals surface area contributed by atoms with Gasteiger partial charge < -0.3 is 15.4 Å². The lowest BCUT2D eigenvalue weighted by Crippen LogP contribution is -2.00. The number of aromatic nitrogens is 2. The predicted molar refractivity (Wildman–Crippen MR) is 100 cm³/mol. The number of benzene rings is 2. The summed E-state index contributed by atoms with van der Waals surface area (Å²) in [6.45, 7) is 2.62. The summed E-state index contributed by atoms with van der Waals surface area (Å²) >= 11 is 3.45. The van der Waals surface area contributed by atoms with Crippen molar-refractivity contribution in [2.24, 2.45) is 0 Å². The average molecular weight is 385 g/mol. The molecule has 0 radical (unpaired) electrons. The van der Waals surface area contributed by atoms with Crippen molar-refractivity contribution in [3.05, 3.63) is 65.3 Å². The van der Waals surface area contributed by atoms with Gasteiger partial charge >= 0.3 is 0 Å². The van der Waals surface area contributed by atoms with Crippen LogP contribution in [0, 0.1) is 0 Å². The maximum absolute atomic E-state index is 5.44. The smallest absolute Gasteiger partial charge is 0.229 e. The van der Waals surface area contributed by atoms with E-state index in [-0.39, 0.29) is 0 Å². The Labute approximate surface area is 149 Å². The first-order valence-corrected chi connectivity index (χ1v) is 8.38. The quantitative estimate of drug-likeness (QED) is 0.617. The minimum absolute atomic E-state index is 0.532. The average Bonchev–Trinajstić information content (AvgIpc) is 2.57. The van der Waals surface area contributed by atoms with E-state index in [1.165, 1.54) is 0 Å². The predicted octanol–water partition coefficient (Wildman–Crippen LogP) is 5.13. The van der Waals surface area contributed by atoms with Gasteiger partial charge in [-0.05, 0) is 55.5 Å². The minimum Gasteiger partial charge on any atom is -0.494 e. The zero-order valence-corrected chi connectivity index (χ0v) is 14.7. The monoisotopic (exact) mass is 384 g/mol. The van der Waals surface area contributed by atoms with Gasteiger partial charge in [0.25, 0.3) is 0 Å². The summed E-state index contributed by atoms with van der Waals surface area (Å²) in [6, 6.07) is 17.4. The molecule has 0 bridgehead atoms. The van der Waals surface area contributed by atoms with E-state index in [2.05, 4.69) is 36.5 Å². The fourth-order valence-corrected chi connectivity index (χ4v) is 2.53. The molecule has 3 rings (SSSR count). The van der Waals surface area contributed by atoms with E-state index < -0.39 is 0 Å². The maximum atomic E-state index is 5.44. The van der Waals surface area contributed by atoms with Crippen LogP contribution < -0.4 is 15.4 Å². The zero-order valence-electron chi connectivity index (χ0n) is 13.2. The first-order valence-electron chi connectivity index (χ1n) is 7.58. The second-order valence-corrected chi connectivity index (χ2v) is 5.90. The highest BCUT2D eigenvalue weighted by Gasteiger charge is 2.02. The summed E-state index contributed by atoms with van der Waals surface area (Å²) < 4.78 is 6.44. The van der Waals surface area contributed by atoms with Crippen molar-refractivity contribution in [2.45, 2.75) is 6.92 Å². The molecule has 24 heavy (non-hydrogen) atoms. The van der Waals surface area contributed by atoms with Crippen molar-refractivity contribution in [2.75, 3.05) is 17.2 Å². The number of anilines is 4. The highest BCUT2D eigenvalue weighted by molar-refractivity contribution is 9.10. The number of hydrogen-bond acceptors (Lipinski definition) is 5. The Balaban J connectivity index is 1.70. The van der Waals surface area contributed by atoms with Gasteiger partial charge in [0.2, 0.25) is 5.95 Å². The number of ether oxygens (including phenoxy) is 1. The molecule has 0 aliphatic carbocycles. The molecular weight excluding hydrogens is 368 g/mol. The minimum atomic E-state index is 0.532. The molecular formula is C18H17BrN4O.